The Morgan fingerprint density at radius 3 is 2.78 bits per heavy atom. The molecule has 3 N–H and O–H groups in total. The molecule has 0 aliphatic carbocycles. The molecular weight excluding hydrogens is 230 g/mol. The van der Waals surface area contributed by atoms with Crippen molar-refractivity contribution in [1.29, 1.82) is 0 Å². The summed E-state index contributed by atoms with van der Waals surface area (Å²) in [6, 6.07) is 0.0454. The lowest BCUT2D eigenvalue weighted by Gasteiger charge is -2.24. The largest absolute Gasteiger partial charge is 0.374 e. The van der Waals surface area contributed by atoms with E-state index < -0.39 is 0 Å². The van der Waals surface area contributed by atoms with Crippen LogP contribution in [0.5, 0.6) is 0 Å². The van der Waals surface area contributed by atoms with Crippen LogP contribution in [0.3, 0.4) is 0 Å². The fourth-order valence-corrected chi connectivity index (χ4v) is 1.58. The molecule has 1 aromatic heterocycles. The molecule has 0 saturated heterocycles. The number of hydrogen-bond acceptors (Lipinski definition) is 5. The predicted octanol–water partition coefficient (Wildman–Crippen LogP) is 0.878. The molecule has 6 heteroatoms. The lowest BCUT2D eigenvalue weighted by molar-refractivity contribution is -0.0146. The summed E-state index contributed by atoms with van der Waals surface area (Å²) in [6.07, 6.45) is 3.34. The molecule has 0 aliphatic rings. The van der Waals surface area contributed by atoms with Gasteiger partial charge >= 0.3 is 0 Å². The predicted molar refractivity (Wildman–Crippen MR) is 70.8 cm³/mol. The van der Waals surface area contributed by atoms with Gasteiger partial charge in [0.15, 0.2) is 0 Å². The van der Waals surface area contributed by atoms with Crippen LogP contribution in [-0.4, -0.2) is 33.0 Å². The van der Waals surface area contributed by atoms with Crippen LogP contribution in [0.15, 0.2) is 6.33 Å². The highest BCUT2D eigenvalue weighted by Crippen LogP contribution is 2.09. The van der Waals surface area contributed by atoms with Crippen molar-refractivity contribution in [3.8, 4) is 0 Å². The molecule has 0 amide bonds. The number of nitrogens with zero attached hydrogens (tertiary/aromatic N) is 3. The first-order chi connectivity index (χ1) is 8.46. The molecule has 0 saturated carbocycles. The maximum Gasteiger partial charge on any atom is 0.138 e. The van der Waals surface area contributed by atoms with E-state index in [9.17, 15) is 0 Å². The summed E-state index contributed by atoms with van der Waals surface area (Å²) < 4.78 is 7.65. The van der Waals surface area contributed by atoms with Crippen molar-refractivity contribution < 1.29 is 4.74 Å². The zero-order valence-electron chi connectivity index (χ0n) is 11.8. The van der Waals surface area contributed by atoms with Gasteiger partial charge in [-0.3, -0.25) is 16.0 Å². The molecule has 0 aromatic carbocycles. The third-order valence-electron chi connectivity index (χ3n) is 2.51. The van der Waals surface area contributed by atoms with Crippen LogP contribution in [0.2, 0.25) is 0 Å². The first kappa shape index (κ1) is 15.1. The molecule has 1 unspecified atom stereocenters. The van der Waals surface area contributed by atoms with Gasteiger partial charge in [0, 0.05) is 13.0 Å². The van der Waals surface area contributed by atoms with E-state index in [0.717, 1.165) is 18.8 Å². The number of aromatic nitrogens is 3. The van der Waals surface area contributed by atoms with E-state index in [1.54, 1.807) is 6.33 Å². The van der Waals surface area contributed by atoms with Crippen LogP contribution in [-0.2, 0) is 17.7 Å². The zero-order chi connectivity index (χ0) is 13.6. The van der Waals surface area contributed by atoms with E-state index >= 15 is 0 Å². The molecule has 1 heterocycles. The zero-order valence-corrected chi connectivity index (χ0v) is 11.8. The smallest absolute Gasteiger partial charge is 0.138 e. The maximum atomic E-state index is 5.73. The van der Waals surface area contributed by atoms with Gasteiger partial charge in [-0.15, -0.1) is 0 Å². The Hall–Kier alpha value is -0.980. The number of hydrogen-bond donors (Lipinski definition) is 2. The van der Waals surface area contributed by atoms with Crippen LogP contribution < -0.4 is 11.3 Å². The van der Waals surface area contributed by atoms with Gasteiger partial charge in [-0.25, -0.2) is 4.98 Å². The third kappa shape index (κ3) is 5.12. The maximum absolute atomic E-state index is 5.73. The first-order valence-electron chi connectivity index (χ1n) is 6.43. The highest BCUT2D eigenvalue weighted by molar-refractivity contribution is 4.89. The monoisotopic (exact) mass is 255 g/mol. The summed E-state index contributed by atoms with van der Waals surface area (Å²) in [5.74, 6) is 6.50. The summed E-state index contributed by atoms with van der Waals surface area (Å²) in [5.41, 5.74) is 2.62. The Morgan fingerprint density at radius 1 is 1.50 bits per heavy atom. The number of nitrogens with one attached hydrogen (secondary N) is 1. The van der Waals surface area contributed by atoms with Gasteiger partial charge in [-0.2, -0.15) is 5.10 Å². The summed E-state index contributed by atoms with van der Waals surface area (Å²) in [5, 5.41) is 4.20. The highest BCUT2D eigenvalue weighted by atomic mass is 16.5. The number of rotatable bonds is 7. The molecule has 1 rings (SSSR count). The minimum absolute atomic E-state index is 0.0454. The summed E-state index contributed by atoms with van der Waals surface area (Å²) in [7, 11) is 0. The molecule has 0 fully saturated rings. The quantitative estimate of drug-likeness (QED) is 0.558. The van der Waals surface area contributed by atoms with Crippen molar-refractivity contribution in [2.75, 3.05) is 6.61 Å². The van der Waals surface area contributed by atoms with Crippen LogP contribution in [0, 0.1) is 0 Å². The molecular formula is C12H25N5O. The van der Waals surface area contributed by atoms with Crippen molar-refractivity contribution in [1.82, 2.24) is 20.2 Å². The number of aryl methyl sites for hydroxylation is 1. The molecule has 104 valence electrons. The third-order valence-corrected chi connectivity index (χ3v) is 2.51. The molecule has 1 atom stereocenters. The van der Waals surface area contributed by atoms with E-state index in [-0.39, 0.29) is 11.6 Å². The Kier molecular flexibility index (Phi) is 5.71. The van der Waals surface area contributed by atoms with Crippen molar-refractivity contribution >= 4 is 0 Å². The summed E-state index contributed by atoms with van der Waals surface area (Å²) in [6.45, 7) is 9.64. The second-order valence-electron chi connectivity index (χ2n) is 5.39. The minimum Gasteiger partial charge on any atom is -0.374 e. The minimum atomic E-state index is -0.161. The summed E-state index contributed by atoms with van der Waals surface area (Å²) >= 11 is 0. The lowest BCUT2D eigenvalue weighted by atomic mass is 10.1. The molecule has 0 bridgehead atoms. The van der Waals surface area contributed by atoms with Crippen molar-refractivity contribution in [2.45, 2.75) is 58.7 Å². The fourth-order valence-electron chi connectivity index (χ4n) is 1.58. The van der Waals surface area contributed by atoms with Crippen LogP contribution in [0.4, 0.5) is 0 Å². The van der Waals surface area contributed by atoms with E-state index in [1.807, 2.05) is 25.5 Å². The van der Waals surface area contributed by atoms with Crippen LogP contribution >= 0.6 is 0 Å². The molecule has 18 heavy (non-hydrogen) atoms. The van der Waals surface area contributed by atoms with Gasteiger partial charge in [0.05, 0.1) is 18.2 Å². The fraction of sp³-hybridized carbons (Fsp3) is 0.833. The van der Waals surface area contributed by atoms with Crippen molar-refractivity contribution in [3.63, 3.8) is 0 Å². The van der Waals surface area contributed by atoms with Gasteiger partial charge < -0.3 is 4.74 Å². The molecule has 1 aromatic rings. The molecule has 6 nitrogen and oxygen atoms in total. The summed E-state index contributed by atoms with van der Waals surface area (Å²) in [4.78, 5) is 4.27. The topological polar surface area (TPSA) is 78.0 Å². The highest BCUT2D eigenvalue weighted by Gasteiger charge is 2.17. The lowest BCUT2D eigenvalue weighted by Crippen LogP contribution is -2.42. The number of ether oxygens (including phenoxy) is 1. The normalized spacial score (nSPS) is 13.8. The number of hydrazine groups is 1. The SMILES string of the molecule is CCCn1ncnc1CC(COC(C)(C)C)NN. The Bertz CT molecular complexity index is 344. The molecule has 0 radical (unpaired) electrons. The van der Waals surface area contributed by atoms with Gasteiger partial charge in [0.25, 0.3) is 0 Å². The van der Waals surface area contributed by atoms with E-state index in [1.165, 1.54) is 0 Å². The van der Waals surface area contributed by atoms with E-state index in [0.29, 0.717) is 13.0 Å². The number of nitrogens with two attached hydrogens (primary N) is 1. The second-order valence-corrected chi connectivity index (χ2v) is 5.39. The average Bonchev–Trinajstić information content (AvgIpc) is 2.71. The Morgan fingerprint density at radius 2 is 2.22 bits per heavy atom. The first-order valence-corrected chi connectivity index (χ1v) is 6.43. The van der Waals surface area contributed by atoms with Gasteiger partial charge in [0.2, 0.25) is 0 Å². The van der Waals surface area contributed by atoms with Crippen LogP contribution in [0.1, 0.15) is 39.9 Å². The van der Waals surface area contributed by atoms with Crippen LogP contribution in [0.25, 0.3) is 0 Å². The second kappa shape index (κ2) is 6.82. The van der Waals surface area contributed by atoms with Gasteiger partial charge in [-0.05, 0) is 27.2 Å². The standard InChI is InChI=1S/C12H25N5O/c1-5-6-17-11(14-9-15-17)7-10(16-13)8-18-12(2,3)4/h9-10,16H,5-8,13H2,1-4H3. The van der Waals surface area contributed by atoms with Crippen molar-refractivity contribution in [2.24, 2.45) is 5.84 Å². The Labute approximate surface area is 109 Å². The Balaban J connectivity index is 2.54. The van der Waals surface area contributed by atoms with E-state index in [2.05, 4.69) is 22.4 Å². The van der Waals surface area contributed by atoms with Gasteiger partial charge in [-0.1, -0.05) is 6.92 Å². The van der Waals surface area contributed by atoms with Crippen molar-refractivity contribution in [3.05, 3.63) is 12.2 Å². The molecule has 0 spiro atoms. The molecule has 0 aliphatic heterocycles. The average molecular weight is 255 g/mol. The van der Waals surface area contributed by atoms with Gasteiger partial charge in [0.1, 0.15) is 12.2 Å². The van der Waals surface area contributed by atoms with E-state index in [4.69, 9.17) is 10.6 Å².